The van der Waals surface area contributed by atoms with Crippen LogP contribution in [0.3, 0.4) is 0 Å². The lowest BCUT2D eigenvalue weighted by Crippen LogP contribution is -2.46. The van der Waals surface area contributed by atoms with Gasteiger partial charge in [-0.1, -0.05) is 6.42 Å². The van der Waals surface area contributed by atoms with Crippen LogP contribution in [0, 0.1) is 12.7 Å². The molecule has 1 aromatic rings. The molecule has 0 aromatic heterocycles. The monoisotopic (exact) mass is 279 g/mol. The number of Topliss-reactive ketones (excluding diaryl/α,β-unsaturated/α-hetero) is 1. The van der Waals surface area contributed by atoms with Crippen LogP contribution < -0.4 is 0 Å². The summed E-state index contributed by atoms with van der Waals surface area (Å²) in [5.41, 5.74) is 0.850. The number of carboxylic acids is 1. The van der Waals surface area contributed by atoms with E-state index in [2.05, 4.69) is 0 Å². The Hall–Kier alpha value is -1.75. The van der Waals surface area contributed by atoms with Crippen LogP contribution in [-0.4, -0.2) is 40.9 Å². The Morgan fingerprint density at radius 2 is 2.15 bits per heavy atom. The molecule has 108 valence electrons. The molecular weight excluding hydrogens is 261 g/mol. The van der Waals surface area contributed by atoms with Gasteiger partial charge in [-0.25, -0.2) is 4.39 Å². The minimum Gasteiger partial charge on any atom is -0.480 e. The van der Waals surface area contributed by atoms with Crippen molar-refractivity contribution in [1.82, 2.24) is 4.90 Å². The van der Waals surface area contributed by atoms with Crippen LogP contribution in [0.1, 0.15) is 35.2 Å². The second kappa shape index (κ2) is 6.13. The predicted octanol–water partition coefficient (Wildman–Crippen LogP) is 2.26. The van der Waals surface area contributed by atoms with Crippen molar-refractivity contribution in [3.05, 3.63) is 35.1 Å². The summed E-state index contributed by atoms with van der Waals surface area (Å²) < 4.78 is 13.2. The molecule has 0 amide bonds. The van der Waals surface area contributed by atoms with Gasteiger partial charge in [0.2, 0.25) is 0 Å². The zero-order chi connectivity index (χ0) is 14.7. The minimum atomic E-state index is -0.882. The molecule has 1 saturated heterocycles. The standard InChI is InChI=1S/C15H18FNO3/c1-10-8-11(5-6-12(10)16)14(18)9-17-7-3-2-4-13(17)15(19)20/h5-6,8,13H,2-4,7,9H2,1H3,(H,19,20). The topological polar surface area (TPSA) is 57.6 Å². The summed E-state index contributed by atoms with van der Waals surface area (Å²) in [6.45, 7) is 2.29. The molecule has 1 aromatic carbocycles. The van der Waals surface area contributed by atoms with E-state index in [1.165, 1.54) is 18.2 Å². The molecule has 1 aliphatic rings. The number of piperidine rings is 1. The van der Waals surface area contributed by atoms with E-state index in [1.54, 1.807) is 11.8 Å². The van der Waals surface area contributed by atoms with Crippen LogP contribution in [0.5, 0.6) is 0 Å². The summed E-state index contributed by atoms with van der Waals surface area (Å²) in [4.78, 5) is 25.1. The molecule has 1 heterocycles. The highest BCUT2D eigenvalue weighted by Crippen LogP contribution is 2.18. The Balaban J connectivity index is 2.09. The summed E-state index contributed by atoms with van der Waals surface area (Å²) in [6.07, 6.45) is 2.35. The number of nitrogens with zero attached hydrogens (tertiary/aromatic N) is 1. The first-order chi connectivity index (χ1) is 9.49. The normalized spacial score (nSPS) is 19.8. The van der Waals surface area contributed by atoms with E-state index < -0.39 is 12.0 Å². The van der Waals surface area contributed by atoms with E-state index in [0.29, 0.717) is 24.1 Å². The summed E-state index contributed by atoms with van der Waals surface area (Å²) in [7, 11) is 0. The molecule has 1 aliphatic heterocycles. The molecule has 0 bridgehead atoms. The van der Waals surface area contributed by atoms with Crippen molar-refractivity contribution in [2.45, 2.75) is 32.2 Å². The van der Waals surface area contributed by atoms with E-state index in [-0.39, 0.29) is 18.1 Å². The number of rotatable bonds is 4. The lowest BCUT2D eigenvalue weighted by atomic mass is 10.0. The first-order valence-electron chi connectivity index (χ1n) is 6.75. The molecule has 0 spiro atoms. The van der Waals surface area contributed by atoms with Crippen molar-refractivity contribution in [2.24, 2.45) is 0 Å². The third kappa shape index (κ3) is 3.22. The van der Waals surface area contributed by atoms with Gasteiger partial charge in [0, 0.05) is 5.56 Å². The van der Waals surface area contributed by atoms with Crippen molar-refractivity contribution < 1.29 is 19.1 Å². The number of carbonyl (C=O) groups is 2. The molecule has 20 heavy (non-hydrogen) atoms. The number of carboxylic acid groups (broad SMARTS) is 1. The number of benzene rings is 1. The molecule has 0 saturated carbocycles. The van der Waals surface area contributed by atoms with Crippen LogP contribution in [0.25, 0.3) is 0 Å². The Morgan fingerprint density at radius 3 is 2.80 bits per heavy atom. The molecule has 0 radical (unpaired) electrons. The van der Waals surface area contributed by atoms with Crippen LogP contribution in [0.15, 0.2) is 18.2 Å². The number of ketones is 1. The van der Waals surface area contributed by atoms with Gasteiger partial charge in [-0.3, -0.25) is 14.5 Å². The van der Waals surface area contributed by atoms with Crippen molar-refractivity contribution in [3.8, 4) is 0 Å². The smallest absolute Gasteiger partial charge is 0.320 e. The van der Waals surface area contributed by atoms with Gasteiger partial charge in [0.05, 0.1) is 6.54 Å². The van der Waals surface area contributed by atoms with Crippen LogP contribution >= 0.6 is 0 Å². The van der Waals surface area contributed by atoms with Gasteiger partial charge in [0.15, 0.2) is 5.78 Å². The number of hydrogen-bond donors (Lipinski definition) is 1. The first-order valence-corrected chi connectivity index (χ1v) is 6.75. The fourth-order valence-corrected chi connectivity index (χ4v) is 2.55. The molecular formula is C15H18FNO3. The molecule has 1 fully saturated rings. The van der Waals surface area contributed by atoms with Gasteiger partial charge < -0.3 is 5.11 Å². The van der Waals surface area contributed by atoms with Crippen molar-refractivity contribution in [1.29, 1.82) is 0 Å². The molecule has 5 heteroatoms. The molecule has 2 rings (SSSR count). The molecule has 1 atom stereocenters. The van der Waals surface area contributed by atoms with Gasteiger partial charge in [-0.2, -0.15) is 0 Å². The van der Waals surface area contributed by atoms with Gasteiger partial charge in [-0.05, 0) is 50.1 Å². The number of carbonyl (C=O) groups excluding carboxylic acids is 1. The summed E-state index contributed by atoms with van der Waals surface area (Å²) in [6, 6.07) is 3.64. The summed E-state index contributed by atoms with van der Waals surface area (Å²) in [5, 5.41) is 9.17. The highest BCUT2D eigenvalue weighted by Gasteiger charge is 2.29. The second-order valence-corrected chi connectivity index (χ2v) is 5.21. The Labute approximate surface area is 117 Å². The zero-order valence-corrected chi connectivity index (χ0v) is 11.4. The van der Waals surface area contributed by atoms with E-state index in [1.807, 2.05) is 0 Å². The average Bonchev–Trinajstić information content (AvgIpc) is 2.42. The predicted molar refractivity (Wildman–Crippen MR) is 72.3 cm³/mol. The number of aryl methyl sites for hydroxylation is 1. The minimum absolute atomic E-state index is 0.0715. The highest BCUT2D eigenvalue weighted by molar-refractivity contribution is 5.98. The maximum atomic E-state index is 13.2. The molecule has 0 aliphatic carbocycles. The number of aliphatic carboxylic acids is 1. The second-order valence-electron chi connectivity index (χ2n) is 5.21. The van der Waals surface area contributed by atoms with Gasteiger partial charge in [-0.15, -0.1) is 0 Å². The Bertz CT molecular complexity index is 530. The SMILES string of the molecule is Cc1cc(C(=O)CN2CCCCC2C(=O)O)ccc1F. The van der Waals surface area contributed by atoms with E-state index in [4.69, 9.17) is 0 Å². The third-order valence-corrected chi connectivity index (χ3v) is 3.73. The fourth-order valence-electron chi connectivity index (χ4n) is 2.55. The lowest BCUT2D eigenvalue weighted by molar-refractivity contribution is -0.144. The average molecular weight is 279 g/mol. The van der Waals surface area contributed by atoms with Gasteiger partial charge >= 0.3 is 5.97 Å². The van der Waals surface area contributed by atoms with Crippen LogP contribution in [0.2, 0.25) is 0 Å². The largest absolute Gasteiger partial charge is 0.480 e. The van der Waals surface area contributed by atoms with Gasteiger partial charge in [0.1, 0.15) is 11.9 Å². The van der Waals surface area contributed by atoms with E-state index in [9.17, 15) is 19.1 Å². The maximum absolute atomic E-state index is 13.2. The zero-order valence-electron chi connectivity index (χ0n) is 11.4. The number of halogens is 1. The third-order valence-electron chi connectivity index (χ3n) is 3.73. The first kappa shape index (κ1) is 14.7. The lowest BCUT2D eigenvalue weighted by Gasteiger charge is -2.32. The highest BCUT2D eigenvalue weighted by atomic mass is 19.1. The molecule has 1 unspecified atom stereocenters. The van der Waals surface area contributed by atoms with Crippen molar-refractivity contribution in [3.63, 3.8) is 0 Å². The summed E-state index contributed by atoms with van der Waals surface area (Å²) in [5.74, 6) is -1.39. The fraction of sp³-hybridized carbons (Fsp3) is 0.467. The number of hydrogen-bond acceptors (Lipinski definition) is 3. The van der Waals surface area contributed by atoms with Crippen LogP contribution in [-0.2, 0) is 4.79 Å². The Kier molecular flexibility index (Phi) is 4.49. The van der Waals surface area contributed by atoms with Crippen molar-refractivity contribution in [2.75, 3.05) is 13.1 Å². The van der Waals surface area contributed by atoms with Gasteiger partial charge in [0.25, 0.3) is 0 Å². The maximum Gasteiger partial charge on any atom is 0.320 e. The Morgan fingerprint density at radius 1 is 1.40 bits per heavy atom. The summed E-state index contributed by atoms with van der Waals surface area (Å²) >= 11 is 0. The van der Waals surface area contributed by atoms with E-state index >= 15 is 0 Å². The quantitative estimate of drug-likeness (QED) is 0.859. The molecule has 1 N–H and O–H groups in total. The van der Waals surface area contributed by atoms with Crippen LogP contribution in [0.4, 0.5) is 4.39 Å². The number of likely N-dealkylation sites (tertiary alicyclic amines) is 1. The van der Waals surface area contributed by atoms with E-state index in [0.717, 1.165) is 12.8 Å². The molecule has 4 nitrogen and oxygen atoms in total. The van der Waals surface area contributed by atoms with Crippen molar-refractivity contribution >= 4 is 11.8 Å².